The smallest absolute Gasteiger partial charge is 0.229 e. The minimum atomic E-state index is -3.25. The molecule has 18 heavy (non-hydrogen) atoms. The van der Waals surface area contributed by atoms with Crippen molar-refractivity contribution in [3.63, 3.8) is 0 Å². The third kappa shape index (κ3) is 4.34. The predicted molar refractivity (Wildman–Crippen MR) is 66.5 cm³/mol. The summed E-state index contributed by atoms with van der Waals surface area (Å²) < 4.78 is 34.5. The minimum Gasteiger partial charge on any atom is -0.481 e. The van der Waals surface area contributed by atoms with E-state index in [1.54, 1.807) is 0 Å². The van der Waals surface area contributed by atoms with Crippen LogP contribution in [-0.2, 0) is 10.0 Å². The Hall–Kier alpha value is -1.61. The first-order valence-electron chi connectivity index (χ1n) is 5.13. The molecule has 8 nitrogen and oxygen atoms in total. The predicted octanol–water partition coefficient (Wildman–Crippen LogP) is -0.545. The molecule has 102 valence electrons. The zero-order valence-corrected chi connectivity index (χ0v) is 11.2. The van der Waals surface area contributed by atoms with E-state index in [0.29, 0.717) is 11.8 Å². The highest BCUT2D eigenvalue weighted by atomic mass is 32.2. The van der Waals surface area contributed by atoms with Crippen molar-refractivity contribution in [2.45, 2.75) is 0 Å². The van der Waals surface area contributed by atoms with Gasteiger partial charge in [0.2, 0.25) is 27.7 Å². The molecular weight excluding hydrogens is 260 g/mol. The van der Waals surface area contributed by atoms with Crippen molar-refractivity contribution >= 4 is 16.0 Å². The Morgan fingerprint density at radius 3 is 2.22 bits per heavy atom. The monoisotopic (exact) mass is 276 g/mol. The van der Waals surface area contributed by atoms with Crippen molar-refractivity contribution in [2.24, 2.45) is 0 Å². The number of methoxy groups -OCH3 is 2. The normalized spacial score (nSPS) is 11.1. The highest BCUT2D eigenvalue weighted by Crippen LogP contribution is 2.16. The number of hydrogen-bond donors (Lipinski definition) is 2. The Kier molecular flexibility index (Phi) is 5.10. The summed E-state index contributed by atoms with van der Waals surface area (Å²) in [6.07, 6.45) is 0. The molecule has 1 aromatic rings. The maximum Gasteiger partial charge on any atom is 0.229 e. The van der Waals surface area contributed by atoms with Crippen LogP contribution in [0, 0.1) is 0 Å². The number of rotatable bonds is 7. The molecule has 0 spiro atoms. The third-order valence-electron chi connectivity index (χ3n) is 2.06. The molecule has 9 heteroatoms. The van der Waals surface area contributed by atoms with E-state index in [1.165, 1.54) is 27.3 Å². The SMILES string of the molecule is CNS(=O)(=O)CCNc1nc(OC)cc(OC)n1. The van der Waals surface area contributed by atoms with Crippen molar-refractivity contribution < 1.29 is 17.9 Å². The van der Waals surface area contributed by atoms with Crippen LogP contribution in [-0.4, -0.2) is 52.0 Å². The Labute approximate surface area is 106 Å². The van der Waals surface area contributed by atoms with Gasteiger partial charge < -0.3 is 14.8 Å². The lowest BCUT2D eigenvalue weighted by molar-refractivity contribution is 0.373. The molecule has 2 N–H and O–H groups in total. The number of ether oxygens (including phenoxy) is 2. The van der Waals surface area contributed by atoms with E-state index in [9.17, 15) is 8.42 Å². The average molecular weight is 276 g/mol. The number of nitrogens with zero attached hydrogens (tertiary/aromatic N) is 2. The quantitative estimate of drug-likeness (QED) is 0.689. The first-order valence-corrected chi connectivity index (χ1v) is 6.78. The summed E-state index contributed by atoms with van der Waals surface area (Å²) >= 11 is 0. The molecular formula is C9H16N4O4S. The van der Waals surface area contributed by atoms with Crippen molar-refractivity contribution in [3.05, 3.63) is 6.07 Å². The molecule has 0 unspecified atom stereocenters. The summed E-state index contributed by atoms with van der Waals surface area (Å²) in [4.78, 5) is 8.01. The van der Waals surface area contributed by atoms with Gasteiger partial charge in [-0.2, -0.15) is 9.97 Å². The first-order chi connectivity index (χ1) is 8.50. The lowest BCUT2D eigenvalue weighted by Crippen LogP contribution is -2.26. The van der Waals surface area contributed by atoms with Crippen LogP contribution >= 0.6 is 0 Å². The Balaban J connectivity index is 2.67. The van der Waals surface area contributed by atoms with Gasteiger partial charge in [-0.3, -0.25) is 0 Å². The lowest BCUT2D eigenvalue weighted by atomic mass is 10.6. The van der Waals surface area contributed by atoms with Crippen LogP contribution < -0.4 is 19.5 Å². The van der Waals surface area contributed by atoms with Crippen LogP contribution in [0.1, 0.15) is 0 Å². The van der Waals surface area contributed by atoms with E-state index in [4.69, 9.17) is 9.47 Å². The zero-order chi connectivity index (χ0) is 13.6. The third-order valence-corrected chi connectivity index (χ3v) is 3.43. The average Bonchev–Trinajstić information content (AvgIpc) is 2.38. The Morgan fingerprint density at radius 1 is 1.22 bits per heavy atom. The summed E-state index contributed by atoms with van der Waals surface area (Å²) in [5.74, 6) is 0.839. The van der Waals surface area contributed by atoms with Gasteiger partial charge in [-0.15, -0.1) is 0 Å². The maximum absolute atomic E-state index is 11.2. The summed E-state index contributed by atoms with van der Waals surface area (Å²) in [6.45, 7) is 0.180. The lowest BCUT2D eigenvalue weighted by Gasteiger charge is -2.08. The fourth-order valence-corrected chi connectivity index (χ4v) is 1.67. The maximum atomic E-state index is 11.2. The topological polar surface area (TPSA) is 102 Å². The molecule has 1 aromatic heterocycles. The van der Waals surface area contributed by atoms with E-state index in [-0.39, 0.29) is 18.2 Å². The number of hydrogen-bond acceptors (Lipinski definition) is 7. The number of aromatic nitrogens is 2. The molecule has 1 rings (SSSR count). The number of nitrogens with one attached hydrogen (secondary N) is 2. The van der Waals surface area contributed by atoms with Crippen molar-refractivity contribution in [2.75, 3.05) is 38.9 Å². The molecule has 0 aliphatic heterocycles. The van der Waals surface area contributed by atoms with E-state index >= 15 is 0 Å². The Bertz CT molecular complexity index is 469. The van der Waals surface area contributed by atoms with Gasteiger partial charge in [-0.25, -0.2) is 13.1 Å². The van der Waals surface area contributed by atoms with Gasteiger partial charge in [0.25, 0.3) is 0 Å². The summed E-state index contributed by atoms with van der Waals surface area (Å²) in [7, 11) is 1.05. The second kappa shape index (κ2) is 6.36. The molecule has 0 saturated carbocycles. The van der Waals surface area contributed by atoms with Crippen LogP contribution in [0.2, 0.25) is 0 Å². The molecule has 0 aliphatic carbocycles. The molecule has 0 atom stereocenters. The van der Waals surface area contributed by atoms with Gasteiger partial charge in [0.05, 0.1) is 26.0 Å². The van der Waals surface area contributed by atoms with E-state index in [1.807, 2.05) is 0 Å². The molecule has 0 bridgehead atoms. The zero-order valence-electron chi connectivity index (χ0n) is 10.4. The van der Waals surface area contributed by atoms with Gasteiger partial charge >= 0.3 is 0 Å². The van der Waals surface area contributed by atoms with Gasteiger partial charge in [0, 0.05) is 6.54 Å². The van der Waals surface area contributed by atoms with Crippen LogP contribution in [0.15, 0.2) is 6.07 Å². The largest absolute Gasteiger partial charge is 0.481 e. The summed E-state index contributed by atoms with van der Waals surface area (Å²) in [6, 6.07) is 1.52. The van der Waals surface area contributed by atoms with Gasteiger partial charge in [-0.05, 0) is 7.05 Å². The molecule has 1 heterocycles. The second-order valence-corrected chi connectivity index (χ2v) is 5.27. The summed E-state index contributed by atoms with van der Waals surface area (Å²) in [5, 5.41) is 2.78. The summed E-state index contributed by atoms with van der Waals surface area (Å²) in [5.41, 5.74) is 0. The highest BCUT2D eigenvalue weighted by molar-refractivity contribution is 7.89. The van der Waals surface area contributed by atoms with E-state index in [2.05, 4.69) is 20.0 Å². The van der Waals surface area contributed by atoms with Crippen LogP contribution in [0.3, 0.4) is 0 Å². The van der Waals surface area contributed by atoms with Crippen molar-refractivity contribution in [1.82, 2.24) is 14.7 Å². The Morgan fingerprint density at radius 2 is 1.78 bits per heavy atom. The minimum absolute atomic E-state index is 0.0770. The highest BCUT2D eigenvalue weighted by Gasteiger charge is 2.08. The molecule has 0 saturated heterocycles. The van der Waals surface area contributed by atoms with Crippen LogP contribution in [0.4, 0.5) is 5.95 Å². The van der Waals surface area contributed by atoms with E-state index < -0.39 is 10.0 Å². The first kappa shape index (κ1) is 14.5. The molecule has 0 amide bonds. The van der Waals surface area contributed by atoms with Gasteiger partial charge in [0.15, 0.2) is 0 Å². The molecule has 0 radical (unpaired) electrons. The molecule has 0 aliphatic rings. The van der Waals surface area contributed by atoms with Crippen LogP contribution in [0.5, 0.6) is 11.8 Å². The number of sulfonamides is 1. The van der Waals surface area contributed by atoms with E-state index in [0.717, 1.165) is 0 Å². The number of anilines is 1. The fraction of sp³-hybridized carbons (Fsp3) is 0.556. The van der Waals surface area contributed by atoms with Crippen molar-refractivity contribution in [1.29, 1.82) is 0 Å². The van der Waals surface area contributed by atoms with Gasteiger partial charge in [-0.1, -0.05) is 0 Å². The fourth-order valence-electron chi connectivity index (χ4n) is 1.09. The van der Waals surface area contributed by atoms with Crippen molar-refractivity contribution in [3.8, 4) is 11.8 Å². The molecule has 0 aromatic carbocycles. The molecule has 0 fully saturated rings. The second-order valence-electron chi connectivity index (χ2n) is 3.23. The van der Waals surface area contributed by atoms with Gasteiger partial charge in [0.1, 0.15) is 0 Å². The standard InChI is InChI=1S/C9H16N4O4S/c1-10-18(14,15)5-4-11-9-12-7(16-2)6-8(13-9)17-3/h6,10H,4-5H2,1-3H3,(H,11,12,13). The van der Waals surface area contributed by atoms with Crippen LogP contribution in [0.25, 0.3) is 0 Å².